The molecule has 3 aliphatic carbocycles. The molecule has 4 heteroatoms. The first-order chi connectivity index (χ1) is 35.4. The van der Waals surface area contributed by atoms with Gasteiger partial charge < -0.3 is 9.88 Å². The highest BCUT2D eigenvalue weighted by Crippen LogP contribution is 2.57. The lowest BCUT2D eigenvalue weighted by Gasteiger charge is -2.46. The molecule has 0 saturated heterocycles. The number of nitrogens with one attached hydrogen (secondary N) is 1. The number of nitrogens with zero attached hydrogens (tertiary/aromatic N) is 3. The van der Waals surface area contributed by atoms with E-state index in [1.807, 2.05) is 0 Å². The van der Waals surface area contributed by atoms with Crippen LogP contribution in [0.4, 0.5) is 5.69 Å². The monoisotopic (exact) mass is 928 g/mol. The van der Waals surface area contributed by atoms with Gasteiger partial charge in [0, 0.05) is 56.4 Å². The minimum absolute atomic E-state index is 0.0915. The molecule has 0 spiro atoms. The van der Waals surface area contributed by atoms with Crippen LogP contribution in [0.1, 0.15) is 61.2 Å². The highest BCUT2D eigenvalue weighted by molar-refractivity contribution is 6.01. The summed E-state index contributed by atoms with van der Waals surface area (Å²) in [4.78, 5) is 10.9. The number of anilines is 1. The van der Waals surface area contributed by atoms with Gasteiger partial charge in [0.2, 0.25) is 0 Å². The fraction of sp³-hybridized carbons (Fsp3) is 0.147. The van der Waals surface area contributed by atoms with Crippen LogP contribution in [0.25, 0.3) is 72.6 Å². The number of fused-ring (bicyclic) bond motifs is 6. The van der Waals surface area contributed by atoms with Crippen molar-refractivity contribution in [2.24, 2.45) is 17.8 Å². The summed E-state index contributed by atoms with van der Waals surface area (Å²) in [7, 11) is 0. The molecule has 9 aromatic rings. The molecule has 4 aliphatic rings. The van der Waals surface area contributed by atoms with Gasteiger partial charge in [0.1, 0.15) is 0 Å². The molecule has 2 aromatic heterocycles. The molecule has 5 atom stereocenters. The second-order valence-electron chi connectivity index (χ2n) is 20.4. The third-order valence-electron chi connectivity index (χ3n) is 15.8. The van der Waals surface area contributed by atoms with Crippen molar-refractivity contribution in [1.29, 1.82) is 0 Å². The van der Waals surface area contributed by atoms with Crippen LogP contribution in [0.2, 0.25) is 0 Å². The van der Waals surface area contributed by atoms with Crippen molar-refractivity contribution >= 4 is 27.7 Å². The summed E-state index contributed by atoms with van der Waals surface area (Å²) in [6, 6.07) is 68.5. The first kappa shape index (κ1) is 43.7. The molecule has 7 aromatic carbocycles. The van der Waals surface area contributed by atoms with Crippen LogP contribution in [0.3, 0.4) is 0 Å². The standard InChI is InChI=1S/C68H56N4/c1-44-39-53(67-69-60(51-28-19-26-48(41-51)46-21-7-4-8-22-46)43-61(70-67)52-29-20-27-49(42-52)47-23-9-5-10-24-47)37-38-55(44)63-56-32-14-13-25-50(56)40-45(2)64(63)68(3)65-58-34-16-18-36-62(58)72(54-30-11-6-12-31-54)66(65)57-33-15-17-35-59(57)71-68/h4-23,25-39,41-45,47,55,71H,24,40H2,1-3H3. The molecule has 4 nitrogen and oxygen atoms in total. The number of para-hydroxylation sites is 3. The van der Waals surface area contributed by atoms with E-state index < -0.39 is 5.54 Å². The maximum Gasteiger partial charge on any atom is 0.160 e. The molecular formula is C68H56N4. The summed E-state index contributed by atoms with van der Waals surface area (Å²) in [6.45, 7) is 7.31. The molecule has 5 unspecified atom stereocenters. The number of hydrogen-bond acceptors (Lipinski definition) is 3. The molecule has 0 saturated carbocycles. The van der Waals surface area contributed by atoms with E-state index in [0.717, 1.165) is 63.7 Å². The molecular weight excluding hydrogens is 873 g/mol. The van der Waals surface area contributed by atoms with Gasteiger partial charge >= 0.3 is 0 Å². The van der Waals surface area contributed by atoms with Crippen LogP contribution in [-0.4, -0.2) is 14.5 Å². The predicted octanol–water partition coefficient (Wildman–Crippen LogP) is 16.9. The van der Waals surface area contributed by atoms with E-state index in [0.29, 0.717) is 5.92 Å². The van der Waals surface area contributed by atoms with Crippen LogP contribution >= 0.6 is 0 Å². The Morgan fingerprint density at radius 2 is 1.29 bits per heavy atom. The number of hydrogen-bond donors (Lipinski definition) is 1. The fourth-order valence-electron chi connectivity index (χ4n) is 12.6. The van der Waals surface area contributed by atoms with Gasteiger partial charge in [-0.15, -0.1) is 0 Å². The van der Waals surface area contributed by atoms with E-state index >= 15 is 0 Å². The summed E-state index contributed by atoms with van der Waals surface area (Å²) in [5.74, 6) is 1.54. The Balaban J connectivity index is 0.967. The number of benzene rings is 7. The number of rotatable bonds is 8. The van der Waals surface area contributed by atoms with Gasteiger partial charge in [0.25, 0.3) is 0 Å². The Hall–Kier alpha value is -8.34. The van der Waals surface area contributed by atoms with Gasteiger partial charge in [0.15, 0.2) is 5.82 Å². The summed E-state index contributed by atoms with van der Waals surface area (Å²) in [5.41, 5.74) is 21.1. The molecule has 0 fully saturated rings. The summed E-state index contributed by atoms with van der Waals surface area (Å²) in [6.07, 6.45) is 18.0. The zero-order chi connectivity index (χ0) is 48.3. The average Bonchev–Trinajstić information content (AvgIpc) is 3.80. The third-order valence-corrected chi connectivity index (χ3v) is 15.8. The van der Waals surface area contributed by atoms with Gasteiger partial charge in [-0.05, 0) is 113 Å². The highest BCUT2D eigenvalue weighted by Gasteiger charge is 2.47. The Kier molecular flexibility index (Phi) is 10.8. The lowest BCUT2D eigenvalue weighted by atomic mass is 9.63. The van der Waals surface area contributed by atoms with Gasteiger partial charge in [-0.25, -0.2) is 9.97 Å². The molecule has 0 amide bonds. The van der Waals surface area contributed by atoms with Crippen molar-refractivity contribution in [3.8, 4) is 50.6 Å². The first-order valence-corrected chi connectivity index (χ1v) is 25.7. The number of allylic oxidation sites excluding steroid dienone is 9. The van der Waals surface area contributed by atoms with Crippen molar-refractivity contribution in [1.82, 2.24) is 14.5 Å². The largest absolute Gasteiger partial charge is 0.371 e. The van der Waals surface area contributed by atoms with Crippen molar-refractivity contribution in [3.63, 3.8) is 0 Å². The van der Waals surface area contributed by atoms with Gasteiger partial charge in [-0.2, -0.15) is 0 Å². The van der Waals surface area contributed by atoms with Crippen molar-refractivity contribution in [2.75, 3.05) is 5.32 Å². The minimum Gasteiger partial charge on any atom is -0.371 e. The Labute approximate surface area is 423 Å². The molecule has 348 valence electrons. The molecule has 72 heavy (non-hydrogen) atoms. The lowest BCUT2D eigenvalue weighted by Crippen LogP contribution is -2.42. The van der Waals surface area contributed by atoms with E-state index in [-0.39, 0.29) is 17.8 Å². The molecule has 1 N–H and O–H groups in total. The third kappa shape index (κ3) is 7.44. The van der Waals surface area contributed by atoms with Crippen molar-refractivity contribution in [3.05, 3.63) is 264 Å². The van der Waals surface area contributed by atoms with Gasteiger partial charge in [-0.1, -0.05) is 202 Å². The lowest BCUT2D eigenvalue weighted by molar-refractivity contribution is 0.504. The number of aromatic nitrogens is 3. The topological polar surface area (TPSA) is 42.7 Å². The maximum absolute atomic E-state index is 5.45. The SMILES string of the molecule is CC1Cc2ccccc2C(C2C=CC(c3nc(-c4cccc(-c5ccccc5)c4)cc(-c4cccc(C5C=CC=CC5)c4)n3)=CC2C)=C1C1(C)Nc2ccccc2-c2c1c1ccccc1n2-c1ccccc1. The fourth-order valence-corrected chi connectivity index (χ4v) is 12.6. The second-order valence-corrected chi connectivity index (χ2v) is 20.4. The molecule has 3 heterocycles. The van der Waals surface area contributed by atoms with Crippen molar-refractivity contribution < 1.29 is 0 Å². The van der Waals surface area contributed by atoms with Crippen LogP contribution in [0.5, 0.6) is 0 Å². The van der Waals surface area contributed by atoms with E-state index in [9.17, 15) is 0 Å². The van der Waals surface area contributed by atoms with E-state index in [2.05, 4.69) is 261 Å². The van der Waals surface area contributed by atoms with Gasteiger partial charge in [-0.3, -0.25) is 0 Å². The second kappa shape index (κ2) is 17.8. The smallest absolute Gasteiger partial charge is 0.160 e. The molecule has 1 aliphatic heterocycles. The first-order valence-electron chi connectivity index (χ1n) is 25.7. The van der Waals surface area contributed by atoms with Crippen LogP contribution in [0.15, 0.2) is 236 Å². The molecule has 13 rings (SSSR count). The summed E-state index contributed by atoms with van der Waals surface area (Å²) < 4.78 is 2.50. The Morgan fingerprint density at radius 3 is 2.08 bits per heavy atom. The molecule has 0 radical (unpaired) electrons. The van der Waals surface area contributed by atoms with Gasteiger partial charge in [0.05, 0.1) is 28.1 Å². The van der Waals surface area contributed by atoms with Crippen LogP contribution in [0, 0.1) is 17.8 Å². The van der Waals surface area contributed by atoms with E-state index in [4.69, 9.17) is 9.97 Å². The van der Waals surface area contributed by atoms with E-state index in [1.54, 1.807) is 0 Å². The normalized spacial score (nSPS) is 20.9. The highest BCUT2D eigenvalue weighted by atomic mass is 15.1. The Morgan fingerprint density at radius 1 is 0.611 bits per heavy atom. The predicted molar refractivity (Wildman–Crippen MR) is 300 cm³/mol. The Bertz CT molecular complexity index is 3730. The van der Waals surface area contributed by atoms with Crippen LogP contribution in [-0.2, 0) is 12.0 Å². The van der Waals surface area contributed by atoms with Crippen LogP contribution < -0.4 is 5.32 Å². The quantitative estimate of drug-likeness (QED) is 0.165. The van der Waals surface area contributed by atoms with E-state index in [1.165, 1.54) is 61.1 Å². The maximum atomic E-state index is 5.45. The minimum atomic E-state index is -0.554. The molecule has 0 bridgehead atoms. The van der Waals surface area contributed by atoms with Crippen molar-refractivity contribution in [2.45, 2.75) is 45.1 Å². The zero-order valence-corrected chi connectivity index (χ0v) is 41.0. The summed E-state index contributed by atoms with van der Waals surface area (Å²) >= 11 is 0. The average molecular weight is 929 g/mol. The zero-order valence-electron chi connectivity index (χ0n) is 41.0. The summed E-state index contributed by atoms with van der Waals surface area (Å²) in [5, 5.41) is 5.55.